The Labute approximate surface area is 118 Å². The average Bonchev–Trinajstić information content (AvgIpc) is 2.95. The number of piperidine rings is 3. The topological polar surface area (TPSA) is 15.3 Å². The second-order valence-electron chi connectivity index (χ2n) is 5.92. The normalized spacial score (nSPS) is 29.8. The molecule has 4 heterocycles. The summed E-state index contributed by atoms with van der Waals surface area (Å²) in [5.41, 5.74) is 1.32. The van der Waals surface area contributed by atoms with Crippen LogP contribution in [0.15, 0.2) is 29.6 Å². The lowest BCUT2D eigenvalue weighted by atomic mass is 9.79. The monoisotopic (exact) mass is 272 g/mol. The molecule has 0 aliphatic carbocycles. The van der Waals surface area contributed by atoms with Gasteiger partial charge in [-0.3, -0.25) is 0 Å². The van der Waals surface area contributed by atoms with Crippen LogP contribution in [0.4, 0.5) is 5.69 Å². The summed E-state index contributed by atoms with van der Waals surface area (Å²) in [4.78, 5) is 2.64. The Kier molecular flexibility index (Phi) is 2.97. The molecule has 100 valence electrons. The molecule has 3 fully saturated rings. The molecule has 0 spiro atoms. The van der Waals surface area contributed by atoms with Gasteiger partial charge in [0.2, 0.25) is 0 Å². The Balaban J connectivity index is 1.49. The number of nitrogens with one attached hydrogen (secondary N) is 1. The first-order chi connectivity index (χ1) is 9.40. The summed E-state index contributed by atoms with van der Waals surface area (Å²) in [6, 6.07) is 8.79. The molecule has 1 atom stereocenters. The van der Waals surface area contributed by atoms with E-state index in [1.54, 1.807) is 0 Å². The second-order valence-corrected chi connectivity index (χ2v) is 6.84. The van der Waals surface area contributed by atoms with E-state index in [4.69, 9.17) is 0 Å². The van der Waals surface area contributed by atoms with Crippen molar-refractivity contribution in [3.8, 4) is 0 Å². The van der Waals surface area contributed by atoms with Crippen LogP contribution in [-0.2, 0) is 0 Å². The fraction of sp³-hybridized carbons (Fsp3) is 0.500. The standard InChI is InChI=1S/C16H20N2S/c1-2-13-6-9-19-16(13)15(3-1)17-10-14-11-18-7-4-12(14)5-8-18/h1-3,6,9,12,14,17H,4-5,7-8,10-11H2. The third-order valence-electron chi connectivity index (χ3n) is 4.83. The van der Waals surface area contributed by atoms with Crippen molar-refractivity contribution in [2.45, 2.75) is 12.8 Å². The van der Waals surface area contributed by atoms with Gasteiger partial charge in [-0.2, -0.15) is 0 Å². The maximum absolute atomic E-state index is 3.71. The zero-order chi connectivity index (χ0) is 12.7. The Bertz CT molecular complexity index is 569. The molecule has 1 N–H and O–H groups in total. The van der Waals surface area contributed by atoms with Gasteiger partial charge in [0.15, 0.2) is 0 Å². The van der Waals surface area contributed by atoms with Crippen LogP contribution in [0.5, 0.6) is 0 Å². The zero-order valence-electron chi connectivity index (χ0n) is 11.1. The van der Waals surface area contributed by atoms with Crippen LogP contribution in [0, 0.1) is 11.8 Å². The van der Waals surface area contributed by atoms with Crippen molar-refractivity contribution in [3.05, 3.63) is 29.6 Å². The molecule has 0 saturated carbocycles. The Hall–Kier alpha value is -1.06. The van der Waals surface area contributed by atoms with E-state index in [0.717, 1.165) is 18.4 Å². The Morgan fingerprint density at radius 1 is 1.21 bits per heavy atom. The maximum Gasteiger partial charge on any atom is 0.0574 e. The Morgan fingerprint density at radius 2 is 2.11 bits per heavy atom. The maximum atomic E-state index is 3.71. The number of anilines is 1. The number of fused-ring (bicyclic) bond motifs is 4. The van der Waals surface area contributed by atoms with Gasteiger partial charge in [-0.25, -0.2) is 0 Å². The van der Waals surface area contributed by atoms with Crippen molar-refractivity contribution in [1.29, 1.82) is 0 Å². The average molecular weight is 272 g/mol. The van der Waals surface area contributed by atoms with Crippen molar-refractivity contribution < 1.29 is 0 Å². The third kappa shape index (κ3) is 2.15. The quantitative estimate of drug-likeness (QED) is 0.917. The molecule has 0 radical (unpaired) electrons. The van der Waals surface area contributed by atoms with Gasteiger partial charge < -0.3 is 10.2 Å². The zero-order valence-corrected chi connectivity index (χ0v) is 12.0. The summed E-state index contributed by atoms with van der Waals surface area (Å²) < 4.78 is 1.41. The Morgan fingerprint density at radius 3 is 2.89 bits per heavy atom. The van der Waals surface area contributed by atoms with E-state index in [9.17, 15) is 0 Å². The molecule has 3 aliphatic heterocycles. The van der Waals surface area contributed by atoms with E-state index in [0.29, 0.717) is 0 Å². The van der Waals surface area contributed by atoms with Crippen LogP contribution < -0.4 is 5.32 Å². The van der Waals surface area contributed by atoms with Crippen LogP contribution in [-0.4, -0.2) is 31.1 Å². The van der Waals surface area contributed by atoms with Crippen LogP contribution in [0.1, 0.15) is 12.8 Å². The third-order valence-corrected chi connectivity index (χ3v) is 5.79. The highest BCUT2D eigenvalue weighted by molar-refractivity contribution is 7.17. The fourth-order valence-corrected chi connectivity index (χ4v) is 4.58. The van der Waals surface area contributed by atoms with Crippen molar-refractivity contribution >= 4 is 27.1 Å². The number of hydrogen-bond acceptors (Lipinski definition) is 3. The summed E-state index contributed by atoms with van der Waals surface area (Å²) in [7, 11) is 0. The van der Waals surface area contributed by atoms with E-state index in [1.165, 1.54) is 48.2 Å². The molecule has 2 aromatic rings. The van der Waals surface area contributed by atoms with E-state index in [1.807, 2.05) is 11.3 Å². The van der Waals surface area contributed by atoms with Crippen molar-refractivity contribution in [2.75, 3.05) is 31.5 Å². The number of nitrogens with zero attached hydrogens (tertiary/aromatic N) is 1. The van der Waals surface area contributed by atoms with Crippen molar-refractivity contribution in [3.63, 3.8) is 0 Å². The van der Waals surface area contributed by atoms with Gasteiger partial charge in [0.1, 0.15) is 0 Å². The fourth-order valence-electron chi connectivity index (χ4n) is 3.69. The van der Waals surface area contributed by atoms with Gasteiger partial charge in [0, 0.05) is 13.1 Å². The first-order valence-electron chi connectivity index (χ1n) is 7.32. The molecule has 3 heteroatoms. The molecule has 0 amide bonds. The molecule has 19 heavy (non-hydrogen) atoms. The molecule has 1 aromatic heterocycles. The summed E-state index contributed by atoms with van der Waals surface area (Å²) in [6.07, 6.45) is 2.82. The highest BCUT2D eigenvalue weighted by Crippen LogP contribution is 2.33. The molecule has 3 saturated heterocycles. The lowest BCUT2D eigenvalue weighted by Gasteiger charge is -2.45. The van der Waals surface area contributed by atoms with Crippen molar-refractivity contribution in [2.24, 2.45) is 11.8 Å². The van der Waals surface area contributed by atoms with Gasteiger partial charge in [-0.1, -0.05) is 12.1 Å². The smallest absolute Gasteiger partial charge is 0.0574 e. The van der Waals surface area contributed by atoms with Crippen LogP contribution in [0.3, 0.4) is 0 Å². The molecule has 2 bridgehead atoms. The number of hydrogen-bond donors (Lipinski definition) is 1. The van der Waals surface area contributed by atoms with E-state index in [-0.39, 0.29) is 0 Å². The van der Waals surface area contributed by atoms with Crippen LogP contribution >= 0.6 is 11.3 Å². The number of rotatable bonds is 3. The molecular formula is C16H20N2S. The summed E-state index contributed by atoms with van der Waals surface area (Å²) in [6.45, 7) is 5.11. The van der Waals surface area contributed by atoms with Crippen LogP contribution in [0.2, 0.25) is 0 Å². The van der Waals surface area contributed by atoms with Gasteiger partial charge in [-0.15, -0.1) is 11.3 Å². The first-order valence-corrected chi connectivity index (χ1v) is 8.20. The van der Waals surface area contributed by atoms with E-state index >= 15 is 0 Å². The van der Waals surface area contributed by atoms with E-state index in [2.05, 4.69) is 39.9 Å². The van der Waals surface area contributed by atoms with Gasteiger partial charge in [-0.05, 0) is 60.7 Å². The van der Waals surface area contributed by atoms with Gasteiger partial charge in [0.05, 0.1) is 10.4 Å². The molecule has 3 aliphatic rings. The van der Waals surface area contributed by atoms with Gasteiger partial charge >= 0.3 is 0 Å². The number of benzene rings is 1. The highest BCUT2D eigenvalue weighted by Gasteiger charge is 2.33. The number of thiophene rings is 1. The molecular weight excluding hydrogens is 252 g/mol. The lowest BCUT2D eigenvalue weighted by molar-refractivity contribution is 0.0574. The first kappa shape index (κ1) is 11.7. The second kappa shape index (κ2) is 4.80. The summed E-state index contributed by atoms with van der Waals surface area (Å²) in [5.74, 6) is 1.80. The van der Waals surface area contributed by atoms with E-state index < -0.39 is 0 Å². The minimum Gasteiger partial charge on any atom is -0.384 e. The molecule has 1 unspecified atom stereocenters. The summed E-state index contributed by atoms with van der Waals surface area (Å²) >= 11 is 1.84. The van der Waals surface area contributed by atoms with Gasteiger partial charge in [0.25, 0.3) is 0 Å². The lowest BCUT2D eigenvalue weighted by Crippen LogP contribution is -2.49. The highest BCUT2D eigenvalue weighted by atomic mass is 32.1. The SMILES string of the molecule is c1cc(NCC2CN3CCC2CC3)c2sccc2c1. The predicted molar refractivity (Wildman–Crippen MR) is 83.0 cm³/mol. The molecule has 5 rings (SSSR count). The minimum atomic E-state index is 0.845. The van der Waals surface area contributed by atoms with Crippen LogP contribution in [0.25, 0.3) is 10.1 Å². The summed E-state index contributed by atoms with van der Waals surface area (Å²) in [5, 5.41) is 7.26. The van der Waals surface area contributed by atoms with Crippen molar-refractivity contribution in [1.82, 2.24) is 4.90 Å². The molecule has 1 aromatic carbocycles. The minimum absolute atomic E-state index is 0.845. The largest absolute Gasteiger partial charge is 0.384 e. The molecule has 2 nitrogen and oxygen atoms in total. The predicted octanol–water partition coefficient (Wildman–Crippen LogP) is 3.66.